The maximum Gasteiger partial charge on any atom is 0.193 e. The fourth-order valence-corrected chi connectivity index (χ4v) is 2.11. The van der Waals surface area contributed by atoms with E-state index < -0.39 is 0 Å². The first kappa shape index (κ1) is 14.0. The molecule has 94 valence electrons. The largest absolute Gasteiger partial charge is 0.393 e. The molecule has 0 unspecified atom stereocenters. The van der Waals surface area contributed by atoms with Crippen molar-refractivity contribution in [2.75, 3.05) is 20.1 Å². The minimum atomic E-state index is -0.108. The van der Waals surface area contributed by atoms with Crippen molar-refractivity contribution in [2.45, 2.75) is 44.2 Å². The highest BCUT2D eigenvalue weighted by atomic mass is 127. The number of nitrogens with zero attached hydrogens (tertiary/aromatic N) is 2. The second-order valence-corrected chi connectivity index (χ2v) is 4.54. The lowest BCUT2D eigenvalue weighted by Crippen LogP contribution is -2.51. The van der Waals surface area contributed by atoms with Crippen molar-refractivity contribution in [3.63, 3.8) is 0 Å². The van der Waals surface area contributed by atoms with Crippen molar-refractivity contribution in [3.05, 3.63) is 0 Å². The van der Waals surface area contributed by atoms with Crippen molar-refractivity contribution >= 4 is 29.9 Å². The molecular formula is C11H22IN3O. The summed E-state index contributed by atoms with van der Waals surface area (Å²) >= 11 is 0. The number of rotatable bonds is 1. The summed E-state index contributed by atoms with van der Waals surface area (Å²) in [7, 11) is 1.84. The lowest BCUT2D eigenvalue weighted by molar-refractivity contribution is 0.107. The monoisotopic (exact) mass is 339 g/mol. The van der Waals surface area contributed by atoms with Crippen LogP contribution in [-0.4, -0.2) is 48.2 Å². The summed E-state index contributed by atoms with van der Waals surface area (Å²) in [5.74, 6) is 1.02. The number of piperidine rings is 1. The third kappa shape index (κ3) is 3.48. The molecule has 0 aromatic carbocycles. The van der Waals surface area contributed by atoms with Gasteiger partial charge in [-0.3, -0.25) is 4.99 Å². The average Bonchev–Trinajstić information content (AvgIpc) is 2.19. The number of aliphatic hydroxyl groups excluding tert-OH is 1. The standard InChI is InChI=1S/C11H21N3O.HI/c1-12-11(13-9-3-2-4-9)14-7-5-10(15)6-8-14;/h9-10,15H,2-8H2,1H3,(H,12,13);1H. The maximum atomic E-state index is 9.43. The lowest BCUT2D eigenvalue weighted by Gasteiger charge is -2.36. The molecule has 1 saturated carbocycles. The summed E-state index contributed by atoms with van der Waals surface area (Å²) in [6.07, 6.45) is 5.51. The Kier molecular flexibility index (Phi) is 5.82. The highest BCUT2D eigenvalue weighted by Gasteiger charge is 2.23. The Morgan fingerprint density at radius 2 is 1.88 bits per heavy atom. The van der Waals surface area contributed by atoms with Crippen molar-refractivity contribution < 1.29 is 5.11 Å². The highest BCUT2D eigenvalue weighted by molar-refractivity contribution is 14.0. The van der Waals surface area contributed by atoms with E-state index in [2.05, 4.69) is 15.2 Å². The normalized spacial score (nSPS) is 23.6. The van der Waals surface area contributed by atoms with Gasteiger partial charge in [-0.05, 0) is 32.1 Å². The zero-order chi connectivity index (χ0) is 10.7. The van der Waals surface area contributed by atoms with E-state index >= 15 is 0 Å². The van der Waals surface area contributed by atoms with Crippen LogP contribution >= 0.6 is 24.0 Å². The topological polar surface area (TPSA) is 47.9 Å². The molecule has 0 aromatic rings. The quantitative estimate of drug-likeness (QED) is 0.429. The second-order valence-electron chi connectivity index (χ2n) is 4.54. The first-order valence-corrected chi connectivity index (χ1v) is 5.96. The first-order valence-electron chi connectivity index (χ1n) is 5.96. The molecule has 0 aromatic heterocycles. The Hall–Kier alpha value is -0.0400. The van der Waals surface area contributed by atoms with E-state index in [9.17, 15) is 5.11 Å². The summed E-state index contributed by atoms with van der Waals surface area (Å²) in [5.41, 5.74) is 0. The van der Waals surface area contributed by atoms with Crippen LogP contribution < -0.4 is 5.32 Å². The van der Waals surface area contributed by atoms with Gasteiger partial charge in [-0.25, -0.2) is 0 Å². The van der Waals surface area contributed by atoms with Crippen LogP contribution in [0.5, 0.6) is 0 Å². The van der Waals surface area contributed by atoms with Crippen molar-refractivity contribution in [2.24, 2.45) is 4.99 Å². The van der Waals surface area contributed by atoms with Crippen LogP contribution in [0.25, 0.3) is 0 Å². The smallest absolute Gasteiger partial charge is 0.193 e. The van der Waals surface area contributed by atoms with E-state index in [1.54, 1.807) is 0 Å². The van der Waals surface area contributed by atoms with Crippen molar-refractivity contribution in [3.8, 4) is 0 Å². The lowest BCUT2D eigenvalue weighted by atomic mass is 9.93. The molecule has 1 saturated heterocycles. The third-order valence-corrected chi connectivity index (χ3v) is 3.41. The van der Waals surface area contributed by atoms with E-state index in [1.165, 1.54) is 19.3 Å². The molecule has 0 radical (unpaired) electrons. The van der Waals surface area contributed by atoms with E-state index in [0.717, 1.165) is 31.9 Å². The predicted octanol–water partition coefficient (Wildman–Crippen LogP) is 1.19. The van der Waals surface area contributed by atoms with Gasteiger partial charge in [0, 0.05) is 26.2 Å². The van der Waals surface area contributed by atoms with Crippen LogP contribution in [0.15, 0.2) is 4.99 Å². The molecule has 0 bridgehead atoms. The van der Waals surface area contributed by atoms with Crippen molar-refractivity contribution in [1.29, 1.82) is 0 Å². The number of aliphatic hydroxyl groups is 1. The molecule has 4 nitrogen and oxygen atoms in total. The number of hydrogen-bond donors (Lipinski definition) is 2. The Morgan fingerprint density at radius 1 is 1.25 bits per heavy atom. The molecule has 2 N–H and O–H groups in total. The van der Waals surface area contributed by atoms with Gasteiger partial charge in [-0.2, -0.15) is 0 Å². The van der Waals surface area contributed by atoms with E-state index in [0.29, 0.717) is 6.04 Å². The Morgan fingerprint density at radius 3 is 2.31 bits per heavy atom. The van der Waals surface area contributed by atoms with Gasteiger partial charge in [0.05, 0.1) is 6.10 Å². The fraction of sp³-hybridized carbons (Fsp3) is 0.909. The SMILES string of the molecule is CN=C(NC1CCC1)N1CCC(O)CC1.I. The minimum Gasteiger partial charge on any atom is -0.393 e. The molecule has 1 aliphatic carbocycles. The van der Waals surface area contributed by atoms with Crippen LogP contribution in [0.2, 0.25) is 0 Å². The number of likely N-dealkylation sites (tertiary alicyclic amines) is 1. The van der Waals surface area contributed by atoms with Crippen LogP contribution in [0.3, 0.4) is 0 Å². The zero-order valence-corrected chi connectivity index (χ0v) is 12.2. The van der Waals surface area contributed by atoms with Crippen LogP contribution in [0.4, 0.5) is 0 Å². The van der Waals surface area contributed by atoms with Crippen molar-refractivity contribution in [1.82, 2.24) is 10.2 Å². The molecule has 16 heavy (non-hydrogen) atoms. The molecule has 2 rings (SSSR count). The first-order chi connectivity index (χ1) is 7.29. The molecule has 0 amide bonds. The maximum absolute atomic E-state index is 9.43. The molecule has 5 heteroatoms. The zero-order valence-electron chi connectivity index (χ0n) is 9.85. The number of nitrogens with one attached hydrogen (secondary N) is 1. The van der Waals surface area contributed by atoms with Gasteiger partial charge in [-0.1, -0.05) is 0 Å². The number of hydrogen-bond acceptors (Lipinski definition) is 2. The summed E-state index contributed by atoms with van der Waals surface area (Å²) in [6, 6.07) is 0.635. The third-order valence-electron chi connectivity index (χ3n) is 3.41. The predicted molar refractivity (Wildman–Crippen MR) is 76.4 cm³/mol. The molecule has 1 heterocycles. The van der Waals surface area contributed by atoms with Crippen LogP contribution in [0, 0.1) is 0 Å². The molecule has 1 aliphatic heterocycles. The summed E-state index contributed by atoms with van der Waals surface area (Å²) in [6.45, 7) is 1.85. The summed E-state index contributed by atoms with van der Waals surface area (Å²) < 4.78 is 0. The minimum absolute atomic E-state index is 0. The molecular weight excluding hydrogens is 317 g/mol. The van der Waals surface area contributed by atoms with E-state index in [4.69, 9.17) is 0 Å². The number of guanidine groups is 1. The highest BCUT2D eigenvalue weighted by Crippen LogP contribution is 2.19. The molecule has 2 fully saturated rings. The van der Waals surface area contributed by atoms with Gasteiger partial charge >= 0.3 is 0 Å². The fourth-order valence-electron chi connectivity index (χ4n) is 2.11. The van der Waals surface area contributed by atoms with E-state index in [1.807, 2.05) is 7.05 Å². The average molecular weight is 339 g/mol. The van der Waals surface area contributed by atoms with E-state index in [-0.39, 0.29) is 30.1 Å². The van der Waals surface area contributed by atoms with Crippen LogP contribution in [-0.2, 0) is 0 Å². The van der Waals surface area contributed by atoms with Gasteiger partial charge in [0.1, 0.15) is 0 Å². The van der Waals surface area contributed by atoms with Gasteiger partial charge in [0.2, 0.25) is 0 Å². The second kappa shape index (κ2) is 6.64. The Balaban J connectivity index is 0.00000128. The van der Waals surface area contributed by atoms with Gasteiger partial charge in [-0.15, -0.1) is 24.0 Å². The van der Waals surface area contributed by atoms with Crippen LogP contribution in [0.1, 0.15) is 32.1 Å². The summed E-state index contributed by atoms with van der Waals surface area (Å²) in [5, 5.41) is 12.9. The molecule has 0 spiro atoms. The summed E-state index contributed by atoms with van der Waals surface area (Å²) in [4.78, 5) is 6.56. The van der Waals surface area contributed by atoms with Gasteiger partial charge in [0.15, 0.2) is 5.96 Å². The Bertz CT molecular complexity index is 235. The Labute approximate surface area is 115 Å². The molecule has 2 aliphatic rings. The number of aliphatic imine (C=N–C) groups is 1. The van der Waals surface area contributed by atoms with Gasteiger partial charge < -0.3 is 15.3 Å². The molecule has 0 atom stereocenters. The number of halogens is 1. The van der Waals surface area contributed by atoms with Gasteiger partial charge in [0.25, 0.3) is 0 Å².